The van der Waals surface area contributed by atoms with Crippen molar-refractivity contribution in [2.45, 2.75) is 34.1 Å². The minimum Gasteiger partial charge on any atom is -0.0988 e. The molecule has 0 heteroatoms. The van der Waals surface area contributed by atoms with E-state index in [1.807, 2.05) is 6.08 Å². The van der Waals surface area contributed by atoms with Gasteiger partial charge in [-0.15, -0.1) is 0 Å². The maximum Gasteiger partial charge on any atom is -0.000788 e. The average Bonchev–Trinajstić information content (AvgIpc) is 2.61. The van der Waals surface area contributed by atoms with Crippen molar-refractivity contribution in [3.63, 3.8) is 0 Å². The molecule has 124 valence electrons. The lowest BCUT2D eigenvalue weighted by molar-refractivity contribution is 0.886. The molecular weight excluding hydrogens is 288 g/mol. The van der Waals surface area contributed by atoms with Gasteiger partial charge in [0.05, 0.1) is 0 Å². The van der Waals surface area contributed by atoms with E-state index in [-0.39, 0.29) is 0 Å². The lowest BCUT2D eigenvalue weighted by atomic mass is 9.93. The molecule has 0 aliphatic rings. The van der Waals surface area contributed by atoms with Crippen LogP contribution in [0.25, 0.3) is 16.7 Å². The highest BCUT2D eigenvalue weighted by atomic mass is 14.1. The zero-order valence-corrected chi connectivity index (χ0v) is 15.3. The molecule has 1 unspecified atom stereocenters. The van der Waals surface area contributed by atoms with Crippen molar-refractivity contribution in [2.75, 3.05) is 0 Å². The fourth-order valence-corrected chi connectivity index (χ4v) is 3.01. The minimum atomic E-state index is 0.388. The highest BCUT2D eigenvalue weighted by Gasteiger charge is 2.06. The van der Waals surface area contributed by atoms with E-state index >= 15 is 0 Å². The summed E-state index contributed by atoms with van der Waals surface area (Å²) in [5, 5.41) is 0. The van der Waals surface area contributed by atoms with Crippen LogP contribution < -0.4 is 0 Å². The van der Waals surface area contributed by atoms with E-state index in [4.69, 9.17) is 0 Å². The van der Waals surface area contributed by atoms with Gasteiger partial charge < -0.3 is 0 Å². The molecule has 0 fully saturated rings. The van der Waals surface area contributed by atoms with Gasteiger partial charge in [0.25, 0.3) is 0 Å². The molecule has 0 saturated heterocycles. The monoisotopic (exact) mass is 316 g/mol. The quantitative estimate of drug-likeness (QED) is 0.493. The van der Waals surface area contributed by atoms with Crippen LogP contribution in [0.5, 0.6) is 0 Å². The van der Waals surface area contributed by atoms with Gasteiger partial charge in [-0.25, -0.2) is 0 Å². The van der Waals surface area contributed by atoms with Crippen molar-refractivity contribution < 1.29 is 0 Å². The molecule has 0 radical (unpaired) electrons. The Morgan fingerprint density at radius 3 is 2.00 bits per heavy atom. The lowest BCUT2D eigenvalue weighted by Crippen LogP contribution is -1.95. The topological polar surface area (TPSA) is 0 Å². The molecule has 0 N–H and O–H groups in total. The molecular formula is C24H28. The summed E-state index contributed by atoms with van der Waals surface area (Å²) in [6.07, 6.45) is 7.48. The Morgan fingerprint density at radius 2 is 1.54 bits per heavy atom. The molecule has 0 spiro atoms. The molecule has 0 amide bonds. The summed E-state index contributed by atoms with van der Waals surface area (Å²) in [6, 6.07) is 17.6. The van der Waals surface area contributed by atoms with Gasteiger partial charge in [0.2, 0.25) is 0 Å². The smallest absolute Gasteiger partial charge is 0.000788 e. The summed E-state index contributed by atoms with van der Waals surface area (Å²) in [5.41, 5.74) is 7.80. The zero-order valence-electron chi connectivity index (χ0n) is 15.3. The van der Waals surface area contributed by atoms with Gasteiger partial charge in [0, 0.05) is 0 Å². The van der Waals surface area contributed by atoms with Gasteiger partial charge in [0.15, 0.2) is 0 Å². The van der Waals surface area contributed by atoms with Crippen LogP contribution in [0, 0.1) is 12.8 Å². The van der Waals surface area contributed by atoms with Crippen LogP contribution in [0.2, 0.25) is 0 Å². The van der Waals surface area contributed by atoms with E-state index in [1.54, 1.807) is 0 Å². The van der Waals surface area contributed by atoms with E-state index in [1.165, 1.54) is 33.4 Å². The van der Waals surface area contributed by atoms with Crippen molar-refractivity contribution in [1.82, 2.24) is 0 Å². The molecule has 24 heavy (non-hydrogen) atoms. The van der Waals surface area contributed by atoms with Gasteiger partial charge in [-0.05, 0) is 54.0 Å². The summed E-state index contributed by atoms with van der Waals surface area (Å²) in [6.45, 7) is 12.6. The van der Waals surface area contributed by atoms with E-state index in [2.05, 4.69) is 95.0 Å². The Morgan fingerprint density at radius 1 is 1.00 bits per heavy atom. The predicted octanol–water partition coefficient (Wildman–Crippen LogP) is 7.22. The van der Waals surface area contributed by atoms with Crippen molar-refractivity contribution in [2.24, 2.45) is 5.92 Å². The Hall–Kier alpha value is -2.34. The van der Waals surface area contributed by atoms with Crippen LogP contribution >= 0.6 is 0 Å². The Kier molecular flexibility index (Phi) is 6.37. The normalized spacial score (nSPS) is 13.7. The SMILES string of the molecule is C=C/C(=C\C)C(C)/C=C(\CC)c1ccc(-c2ccc(C)cc2)cc1. The zero-order chi connectivity index (χ0) is 17.5. The molecule has 0 aliphatic heterocycles. The predicted molar refractivity (Wildman–Crippen MR) is 108 cm³/mol. The number of allylic oxidation sites excluding steroid dienone is 5. The second-order valence-corrected chi connectivity index (χ2v) is 6.27. The molecule has 1 atom stereocenters. The minimum absolute atomic E-state index is 0.388. The molecule has 2 rings (SSSR count). The van der Waals surface area contributed by atoms with Crippen molar-refractivity contribution >= 4 is 5.57 Å². The number of rotatable bonds is 6. The van der Waals surface area contributed by atoms with Crippen LogP contribution in [0.3, 0.4) is 0 Å². The molecule has 0 bridgehead atoms. The Labute approximate surface area is 147 Å². The van der Waals surface area contributed by atoms with Crippen molar-refractivity contribution in [3.05, 3.63) is 90.0 Å². The fraction of sp³-hybridized carbons (Fsp3) is 0.250. The molecule has 0 saturated carbocycles. The first kappa shape index (κ1) is 18.0. The first-order valence-corrected chi connectivity index (χ1v) is 8.75. The fourth-order valence-electron chi connectivity index (χ4n) is 3.01. The summed E-state index contributed by atoms with van der Waals surface area (Å²) >= 11 is 0. The van der Waals surface area contributed by atoms with Crippen molar-refractivity contribution in [3.8, 4) is 11.1 Å². The number of benzene rings is 2. The number of aryl methyl sites for hydroxylation is 1. The van der Waals surface area contributed by atoms with Crippen LogP contribution in [0.15, 0.2) is 78.9 Å². The Balaban J connectivity index is 2.27. The largest absolute Gasteiger partial charge is 0.0988 e. The van der Waals surface area contributed by atoms with Crippen LogP contribution in [0.1, 0.15) is 38.3 Å². The lowest BCUT2D eigenvalue weighted by Gasteiger charge is -2.12. The van der Waals surface area contributed by atoms with Gasteiger partial charge in [0.1, 0.15) is 0 Å². The third-order valence-corrected chi connectivity index (χ3v) is 4.57. The van der Waals surface area contributed by atoms with Gasteiger partial charge in [-0.1, -0.05) is 92.7 Å². The molecule has 0 nitrogen and oxygen atoms in total. The first-order valence-electron chi connectivity index (χ1n) is 8.75. The maximum atomic E-state index is 3.91. The van der Waals surface area contributed by atoms with Gasteiger partial charge >= 0.3 is 0 Å². The molecule has 0 aliphatic carbocycles. The summed E-state index contributed by atoms with van der Waals surface area (Å²) in [4.78, 5) is 0. The summed E-state index contributed by atoms with van der Waals surface area (Å²) in [7, 11) is 0. The molecule has 2 aromatic rings. The van der Waals surface area contributed by atoms with Crippen LogP contribution in [-0.4, -0.2) is 0 Å². The third kappa shape index (κ3) is 4.35. The highest BCUT2D eigenvalue weighted by Crippen LogP contribution is 2.26. The molecule has 0 heterocycles. The van der Waals surface area contributed by atoms with E-state index in [0.717, 1.165) is 6.42 Å². The van der Waals surface area contributed by atoms with Crippen molar-refractivity contribution in [1.29, 1.82) is 0 Å². The van der Waals surface area contributed by atoms with E-state index in [9.17, 15) is 0 Å². The second kappa shape index (κ2) is 8.49. The standard InChI is InChI=1S/C24H28/c1-6-20(7-2)19(5)17-21(8-3)22-13-15-24(16-14-22)23-11-9-18(4)10-12-23/h6-7,9-17,19H,1,8H2,2-5H3/b20-7+,21-17+. The average molecular weight is 316 g/mol. The van der Waals surface area contributed by atoms with Crippen LogP contribution in [0.4, 0.5) is 0 Å². The summed E-state index contributed by atoms with van der Waals surface area (Å²) in [5.74, 6) is 0.388. The summed E-state index contributed by atoms with van der Waals surface area (Å²) < 4.78 is 0. The van der Waals surface area contributed by atoms with E-state index < -0.39 is 0 Å². The molecule has 2 aromatic carbocycles. The first-order chi connectivity index (χ1) is 11.6. The molecule has 0 aromatic heterocycles. The van der Waals surface area contributed by atoms with Gasteiger partial charge in [-0.2, -0.15) is 0 Å². The van der Waals surface area contributed by atoms with Crippen LogP contribution in [-0.2, 0) is 0 Å². The van der Waals surface area contributed by atoms with E-state index in [0.29, 0.717) is 5.92 Å². The maximum absolute atomic E-state index is 3.91. The van der Waals surface area contributed by atoms with Gasteiger partial charge in [-0.3, -0.25) is 0 Å². The number of hydrogen-bond donors (Lipinski definition) is 0. The third-order valence-electron chi connectivity index (χ3n) is 4.57. The number of hydrogen-bond acceptors (Lipinski definition) is 0. The second-order valence-electron chi connectivity index (χ2n) is 6.27. The highest BCUT2D eigenvalue weighted by molar-refractivity contribution is 5.71. The Bertz CT molecular complexity index is 725.